The summed E-state index contributed by atoms with van der Waals surface area (Å²) in [7, 11) is 1.64. The Labute approximate surface area is 129 Å². The lowest BCUT2D eigenvalue weighted by molar-refractivity contribution is -0.108. The van der Waals surface area contributed by atoms with Gasteiger partial charge in [0.05, 0.1) is 7.11 Å². The summed E-state index contributed by atoms with van der Waals surface area (Å²) in [6, 6.07) is 13.1. The normalized spacial score (nSPS) is 16.9. The van der Waals surface area contributed by atoms with E-state index in [-0.39, 0.29) is 6.04 Å². The fourth-order valence-electron chi connectivity index (χ4n) is 2.47. The van der Waals surface area contributed by atoms with Crippen molar-refractivity contribution in [2.24, 2.45) is 0 Å². The SMILES string of the molecule is COc1ccc(CC2=CNN(c3ccccn3)C2C=O)cc1. The fraction of sp³-hybridized carbons (Fsp3) is 0.176. The van der Waals surface area contributed by atoms with Crippen LogP contribution in [-0.2, 0) is 11.2 Å². The molecule has 1 aliphatic heterocycles. The summed E-state index contributed by atoms with van der Waals surface area (Å²) in [4.78, 5) is 15.8. The van der Waals surface area contributed by atoms with Crippen molar-refractivity contribution < 1.29 is 9.53 Å². The van der Waals surface area contributed by atoms with E-state index in [0.29, 0.717) is 6.42 Å². The highest BCUT2D eigenvalue weighted by Gasteiger charge is 2.28. The molecule has 112 valence electrons. The molecule has 0 aliphatic carbocycles. The van der Waals surface area contributed by atoms with Crippen LogP contribution in [0.3, 0.4) is 0 Å². The van der Waals surface area contributed by atoms with Gasteiger partial charge >= 0.3 is 0 Å². The minimum Gasteiger partial charge on any atom is -0.497 e. The topological polar surface area (TPSA) is 54.5 Å². The van der Waals surface area contributed by atoms with E-state index in [1.807, 2.05) is 48.7 Å². The number of nitrogens with one attached hydrogen (secondary N) is 1. The van der Waals surface area contributed by atoms with Gasteiger partial charge in [0, 0.05) is 12.4 Å². The van der Waals surface area contributed by atoms with Crippen LogP contribution in [0.25, 0.3) is 0 Å². The first-order valence-corrected chi connectivity index (χ1v) is 7.05. The van der Waals surface area contributed by atoms with Gasteiger partial charge in [0.25, 0.3) is 0 Å². The molecule has 0 radical (unpaired) electrons. The van der Waals surface area contributed by atoms with Crippen molar-refractivity contribution in [2.75, 3.05) is 12.1 Å². The van der Waals surface area contributed by atoms with Crippen LogP contribution in [0.5, 0.6) is 5.75 Å². The largest absolute Gasteiger partial charge is 0.497 e. The number of carbonyl (C=O) groups excluding carboxylic acids is 1. The van der Waals surface area contributed by atoms with Gasteiger partial charge in [-0.15, -0.1) is 0 Å². The Morgan fingerprint density at radius 1 is 1.27 bits per heavy atom. The van der Waals surface area contributed by atoms with Gasteiger partial charge in [0.1, 0.15) is 23.9 Å². The van der Waals surface area contributed by atoms with Crippen molar-refractivity contribution in [3.63, 3.8) is 0 Å². The molecule has 0 saturated heterocycles. The molecule has 0 bridgehead atoms. The van der Waals surface area contributed by atoms with Gasteiger partial charge in [-0.05, 0) is 41.8 Å². The molecule has 1 aliphatic rings. The molecule has 1 unspecified atom stereocenters. The van der Waals surface area contributed by atoms with Crippen molar-refractivity contribution in [3.8, 4) is 5.75 Å². The molecule has 1 aromatic carbocycles. The molecule has 22 heavy (non-hydrogen) atoms. The molecule has 1 aromatic heterocycles. The van der Waals surface area contributed by atoms with Crippen molar-refractivity contribution in [1.82, 2.24) is 10.4 Å². The Bertz CT molecular complexity index is 668. The molecular formula is C17H17N3O2. The molecule has 1 N–H and O–H groups in total. The molecule has 0 fully saturated rings. The molecule has 0 spiro atoms. The molecule has 3 rings (SSSR count). The van der Waals surface area contributed by atoms with Crippen molar-refractivity contribution in [1.29, 1.82) is 0 Å². The number of aldehydes is 1. The highest BCUT2D eigenvalue weighted by Crippen LogP contribution is 2.23. The van der Waals surface area contributed by atoms with E-state index in [2.05, 4.69) is 10.4 Å². The zero-order valence-corrected chi connectivity index (χ0v) is 12.3. The summed E-state index contributed by atoms with van der Waals surface area (Å²) in [5.74, 6) is 1.55. The van der Waals surface area contributed by atoms with E-state index < -0.39 is 0 Å². The van der Waals surface area contributed by atoms with Gasteiger partial charge in [0.15, 0.2) is 0 Å². The summed E-state index contributed by atoms with van der Waals surface area (Å²) in [6.45, 7) is 0. The third kappa shape index (κ3) is 2.79. The fourth-order valence-corrected chi connectivity index (χ4v) is 2.47. The Balaban J connectivity index is 1.75. The molecule has 1 atom stereocenters. The molecular weight excluding hydrogens is 278 g/mol. The van der Waals surface area contributed by atoms with Crippen LogP contribution in [0.1, 0.15) is 5.56 Å². The van der Waals surface area contributed by atoms with Crippen molar-refractivity contribution >= 4 is 12.1 Å². The van der Waals surface area contributed by atoms with Gasteiger partial charge in [-0.2, -0.15) is 0 Å². The number of hydrazine groups is 1. The number of aromatic nitrogens is 1. The highest BCUT2D eigenvalue weighted by atomic mass is 16.5. The number of methoxy groups -OCH3 is 1. The first-order chi connectivity index (χ1) is 10.8. The summed E-state index contributed by atoms with van der Waals surface area (Å²) in [5.41, 5.74) is 5.25. The molecule has 2 aromatic rings. The number of nitrogens with zero attached hydrogens (tertiary/aromatic N) is 2. The maximum atomic E-state index is 11.5. The van der Waals surface area contributed by atoms with Crippen LogP contribution in [0.15, 0.2) is 60.4 Å². The first kappa shape index (κ1) is 14.1. The van der Waals surface area contributed by atoms with E-state index >= 15 is 0 Å². The molecule has 0 amide bonds. The zero-order chi connectivity index (χ0) is 15.4. The maximum absolute atomic E-state index is 11.5. The predicted octanol–water partition coefficient (Wildman–Crippen LogP) is 2.11. The predicted molar refractivity (Wildman–Crippen MR) is 84.5 cm³/mol. The molecule has 0 saturated carbocycles. The number of carbonyl (C=O) groups is 1. The first-order valence-electron chi connectivity index (χ1n) is 7.05. The smallest absolute Gasteiger partial charge is 0.148 e. The quantitative estimate of drug-likeness (QED) is 0.856. The van der Waals surface area contributed by atoms with Crippen molar-refractivity contribution in [2.45, 2.75) is 12.5 Å². The lowest BCUT2D eigenvalue weighted by Gasteiger charge is -2.23. The van der Waals surface area contributed by atoms with E-state index in [1.165, 1.54) is 0 Å². The highest BCUT2D eigenvalue weighted by molar-refractivity contribution is 5.71. The summed E-state index contributed by atoms with van der Waals surface area (Å²) in [5, 5.41) is 1.77. The number of pyridine rings is 1. The molecule has 5 nitrogen and oxygen atoms in total. The minimum atomic E-state index is -0.350. The van der Waals surface area contributed by atoms with Gasteiger partial charge in [0.2, 0.25) is 0 Å². The van der Waals surface area contributed by atoms with Crippen molar-refractivity contribution in [3.05, 3.63) is 66.0 Å². The van der Waals surface area contributed by atoms with Gasteiger partial charge in [-0.3, -0.25) is 5.01 Å². The number of anilines is 1. The van der Waals surface area contributed by atoms with E-state index in [9.17, 15) is 4.79 Å². The summed E-state index contributed by atoms with van der Waals surface area (Å²) in [6.07, 6.45) is 5.21. The minimum absolute atomic E-state index is 0.350. The second kappa shape index (κ2) is 6.30. The zero-order valence-electron chi connectivity index (χ0n) is 12.3. The van der Waals surface area contributed by atoms with Crippen LogP contribution in [0, 0.1) is 0 Å². The van der Waals surface area contributed by atoms with E-state index in [0.717, 1.165) is 29.0 Å². The summed E-state index contributed by atoms with van der Waals surface area (Å²) >= 11 is 0. The van der Waals surface area contributed by atoms with E-state index in [4.69, 9.17) is 4.74 Å². The second-order valence-corrected chi connectivity index (χ2v) is 5.01. The third-order valence-electron chi connectivity index (χ3n) is 3.64. The Kier molecular flexibility index (Phi) is 4.05. The van der Waals surface area contributed by atoms with Crippen LogP contribution in [0.2, 0.25) is 0 Å². The van der Waals surface area contributed by atoms with Gasteiger partial charge in [-0.25, -0.2) is 4.98 Å². The Hall–Kier alpha value is -2.82. The average molecular weight is 295 g/mol. The maximum Gasteiger partial charge on any atom is 0.148 e. The Morgan fingerprint density at radius 2 is 2.09 bits per heavy atom. The molecule has 2 heterocycles. The number of benzene rings is 1. The second-order valence-electron chi connectivity index (χ2n) is 5.01. The lowest BCUT2D eigenvalue weighted by atomic mass is 10.0. The van der Waals surface area contributed by atoms with E-state index in [1.54, 1.807) is 18.3 Å². The van der Waals surface area contributed by atoms with Gasteiger partial charge in [-0.1, -0.05) is 18.2 Å². The summed E-state index contributed by atoms with van der Waals surface area (Å²) < 4.78 is 5.16. The van der Waals surface area contributed by atoms with Crippen LogP contribution in [0.4, 0.5) is 5.82 Å². The number of hydrogen-bond acceptors (Lipinski definition) is 5. The lowest BCUT2D eigenvalue weighted by Crippen LogP contribution is -2.40. The third-order valence-corrected chi connectivity index (χ3v) is 3.64. The van der Waals surface area contributed by atoms with Gasteiger partial charge < -0.3 is 15.0 Å². The monoisotopic (exact) mass is 295 g/mol. The standard InChI is InChI=1S/C17H17N3O2/c1-22-15-7-5-13(6-8-15)10-14-11-19-20(16(14)12-21)17-4-2-3-9-18-17/h2-9,11-12,16,19H,10H2,1H3. The van der Waals surface area contributed by atoms with Crippen LogP contribution in [-0.4, -0.2) is 24.4 Å². The number of hydrogen-bond donors (Lipinski definition) is 1. The Morgan fingerprint density at radius 3 is 2.73 bits per heavy atom. The van der Waals surface area contributed by atoms with Crippen LogP contribution < -0.4 is 15.2 Å². The average Bonchev–Trinajstić information content (AvgIpc) is 2.99. The molecule has 5 heteroatoms. The number of rotatable bonds is 5. The number of ether oxygens (including phenoxy) is 1. The van der Waals surface area contributed by atoms with Crippen LogP contribution >= 0.6 is 0 Å².